The van der Waals surface area contributed by atoms with Crippen molar-refractivity contribution in [1.29, 1.82) is 0 Å². The number of nitrogens with zero attached hydrogens (tertiary/aromatic N) is 1. The van der Waals surface area contributed by atoms with Gasteiger partial charge >= 0.3 is 0 Å². The highest BCUT2D eigenvalue weighted by molar-refractivity contribution is 6.31. The molecule has 1 amide bonds. The Morgan fingerprint density at radius 2 is 2.05 bits per heavy atom. The van der Waals surface area contributed by atoms with Gasteiger partial charge < -0.3 is 5.32 Å². The highest BCUT2D eigenvalue weighted by atomic mass is 35.5. The average Bonchev–Trinajstić information content (AvgIpc) is 3.03. The maximum atomic E-state index is 12.4. The molecule has 1 saturated heterocycles. The second-order valence-electron chi connectivity index (χ2n) is 5.31. The van der Waals surface area contributed by atoms with E-state index in [1.54, 1.807) is 18.5 Å². The Bertz CT molecular complexity index is 677. The molecule has 2 unspecified atom stereocenters. The van der Waals surface area contributed by atoms with Crippen molar-refractivity contribution in [3.05, 3.63) is 58.9 Å². The molecule has 2 atom stereocenters. The third-order valence-electron chi connectivity index (χ3n) is 3.85. The molecule has 2 aromatic rings. The van der Waals surface area contributed by atoms with Crippen molar-refractivity contribution in [2.75, 3.05) is 5.32 Å². The third-order valence-corrected chi connectivity index (χ3v) is 4.26. The molecule has 6 heteroatoms. The van der Waals surface area contributed by atoms with E-state index in [9.17, 15) is 4.79 Å². The molecule has 1 aliphatic rings. The number of carbonyl (C=O) groups excluding carboxylic acids is 1. The molecule has 3 N–H and O–H groups in total. The first-order valence-electron chi connectivity index (χ1n) is 7.12. The van der Waals surface area contributed by atoms with Gasteiger partial charge in [-0.25, -0.2) is 10.9 Å². The van der Waals surface area contributed by atoms with Gasteiger partial charge in [-0.1, -0.05) is 17.7 Å². The first kappa shape index (κ1) is 15.0. The lowest BCUT2D eigenvalue weighted by molar-refractivity contribution is -0.117. The van der Waals surface area contributed by atoms with Crippen LogP contribution in [0.1, 0.15) is 23.6 Å². The predicted molar refractivity (Wildman–Crippen MR) is 86.5 cm³/mol. The predicted octanol–water partition coefficient (Wildman–Crippen LogP) is 2.59. The van der Waals surface area contributed by atoms with Gasteiger partial charge in [0.15, 0.2) is 0 Å². The van der Waals surface area contributed by atoms with E-state index in [2.05, 4.69) is 21.2 Å². The number of nitrogens with one attached hydrogen (secondary N) is 3. The summed E-state index contributed by atoms with van der Waals surface area (Å²) in [5, 5.41) is 3.57. The number of halogens is 1. The molecule has 0 aliphatic carbocycles. The molecular formula is C16H17ClN4O. The lowest BCUT2D eigenvalue weighted by Gasteiger charge is -2.13. The highest BCUT2D eigenvalue weighted by Gasteiger charge is 2.30. The monoisotopic (exact) mass is 316 g/mol. The van der Waals surface area contributed by atoms with Crippen LogP contribution in [-0.4, -0.2) is 16.9 Å². The van der Waals surface area contributed by atoms with Gasteiger partial charge in [-0.3, -0.25) is 9.78 Å². The lowest BCUT2D eigenvalue weighted by Crippen LogP contribution is -2.39. The van der Waals surface area contributed by atoms with Crippen molar-refractivity contribution >= 4 is 23.2 Å². The van der Waals surface area contributed by atoms with E-state index in [4.69, 9.17) is 11.6 Å². The maximum absolute atomic E-state index is 12.4. The van der Waals surface area contributed by atoms with Gasteiger partial charge in [-0.15, -0.1) is 0 Å². The second-order valence-corrected chi connectivity index (χ2v) is 5.72. The smallest absolute Gasteiger partial charge is 0.242 e. The molecule has 5 nitrogen and oxygen atoms in total. The van der Waals surface area contributed by atoms with Crippen LogP contribution in [0, 0.1) is 6.92 Å². The second kappa shape index (κ2) is 6.44. The van der Waals surface area contributed by atoms with E-state index in [0.29, 0.717) is 11.4 Å². The highest BCUT2D eigenvalue weighted by Crippen LogP contribution is 2.25. The number of hydrogen-bond acceptors (Lipinski definition) is 4. The largest absolute Gasteiger partial charge is 0.324 e. The molecule has 3 rings (SSSR count). The minimum Gasteiger partial charge on any atom is -0.324 e. The van der Waals surface area contributed by atoms with E-state index in [0.717, 1.165) is 16.8 Å². The van der Waals surface area contributed by atoms with Crippen LogP contribution in [0.3, 0.4) is 0 Å². The summed E-state index contributed by atoms with van der Waals surface area (Å²) in [5.74, 6) is -0.0746. The van der Waals surface area contributed by atoms with Crippen molar-refractivity contribution in [3.8, 4) is 0 Å². The van der Waals surface area contributed by atoms with Crippen molar-refractivity contribution in [3.63, 3.8) is 0 Å². The van der Waals surface area contributed by atoms with Gasteiger partial charge in [0.05, 0.1) is 0 Å². The minimum atomic E-state index is -0.295. The molecule has 2 heterocycles. The van der Waals surface area contributed by atoms with Crippen LogP contribution in [0.5, 0.6) is 0 Å². The van der Waals surface area contributed by atoms with Crippen molar-refractivity contribution in [2.45, 2.75) is 25.4 Å². The standard InChI is InChI=1S/C16H17ClN4O/c1-10-12(17)3-2-4-13(10)19-16(22)15-9-14(20-21-15)11-5-7-18-8-6-11/h2-8,14-15,20-21H,9H2,1H3,(H,19,22). The minimum absolute atomic E-state index is 0.0746. The molecule has 1 aromatic carbocycles. The van der Waals surface area contributed by atoms with Crippen LogP contribution in [0.2, 0.25) is 5.02 Å². The Labute approximate surface area is 134 Å². The van der Waals surface area contributed by atoms with Gasteiger partial charge in [0, 0.05) is 29.1 Å². The fourth-order valence-electron chi connectivity index (χ4n) is 2.51. The van der Waals surface area contributed by atoms with Gasteiger partial charge in [0.1, 0.15) is 6.04 Å². The molecule has 0 radical (unpaired) electrons. The number of rotatable bonds is 3. The fraction of sp³-hybridized carbons (Fsp3) is 0.250. The number of pyridine rings is 1. The zero-order valence-electron chi connectivity index (χ0n) is 12.1. The summed E-state index contributed by atoms with van der Waals surface area (Å²) in [6, 6.07) is 9.17. The molecule has 0 saturated carbocycles. The molecule has 22 heavy (non-hydrogen) atoms. The van der Waals surface area contributed by atoms with Crippen LogP contribution in [0.25, 0.3) is 0 Å². The molecule has 1 aliphatic heterocycles. The van der Waals surface area contributed by atoms with E-state index >= 15 is 0 Å². The van der Waals surface area contributed by atoms with Crippen molar-refractivity contribution < 1.29 is 4.79 Å². The number of anilines is 1. The molecule has 1 fully saturated rings. The SMILES string of the molecule is Cc1c(Cl)cccc1NC(=O)C1CC(c2ccncc2)NN1. The number of benzene rings is 1. The number of carbonyl (C=O) groups is 1. The average molecular weight is 317 g/mol. The zero-order valence-corrected chi connectivity index (χ0v) is 12.9. The number of aromatic nitrogens is 1. The van der Waals surface area contributed by atoms with E-state index < -0.39 is 0 Å². The summed E-state index contributed by atoms with van der Waals surface area (Å²) >= 11 is 6.07. The molecule has 1 aromatic heterocycles. The molecule has 0 bridgehead atoms. The van der Waals surface area contributed by atoms with E-state index in [1.807, 2.05) is 31.2 Å². The first-order valence-corrected chi connectivity index (χ1v) is 7.50. The molecular weight excluding hydrogens is 300 g/mol. The van der Waals surface area contributed by atoms with Crippen molar-refractivity contribution in [2.24, 2.45) is 0 Å². The maximum Gasteiger partial charge on any atom is 0.242 e. The Morgan fingerprint density at radius 3 is 2.82 bits per heavy atom. The van der Waals surface area contributed by atoms with Gasteiger partial charge in [-0.2, -0.15) is 0 Å². The summed E-state index contributed by atoms with van der Waals surface area (Å²) in [6.07, 6.45) is 4.18. The van der Waals surface area contributed by atoms with Crippen LogP contribution >= 0.6 is 11.6 Å². The Balaban J connectivity index is 1.66. The van der Waals surface area contributed by atoms with Crippen molar-refractivity contribution in [1.82, 2.24) is 15.8 Å². The van der Waals surface area contributed by atoms with E-state index in [-0.39, 0.29) is 18.0 Å². The lowest BCUT2D eigenvalue weighted by atomic mass is 10.0. The third kappa shape index (κ3) is 3.11. The topological polar surface area (TPSA) is 66.0 Å². The molecule has 0 spiro atoms. The quantitative estimate of drug-likeness (QED) is 0.814. The number of hydrazine groups is 1. The Kier molecular flexibility index (Phi) is 4.38. The Morgan fingerprint density at radius 1 is 1.27 bits per heavy atom. The van der Waals surface area contributed by atoms with Crippen LogP contribution in [-0.2, 0) is 4.79 Å². The van der Waals surface area contributed by atoms with Crippen LogP contribution < -0.4 is 16.2 Å². The van der Waals surface area contributed by atoms with E-state index in [1.165, 1.54) is 0 Å². The first-order chi connectivity index (χ1) is 10.6. The fourth-order valence-corrected chi connectivity index (χ4v) is 2.68. The van der Waals surface area contributed by atoms with Gasteiger partial charge in [-0.05, 0) is 48.7 Å². The summed E-state index contributed by atoms with van der Waals surface area (Å²) in [6.45, 7) is 1.89. The zero-order chi connectivity index (χ0) is 15.5. The van der Waals surface area contributed by atoms with Gasteiger partial charge in [0.2, 0.25) is 5.91 Å². The normalized spacial score (nSPS) is 20.8. The molecule has 114 valence electrons. The number of amides is 1. The van der Waals surface area contributed by atoms with Gasteiger partial charge in [0.25, 0.3) is 0 Å². The summed E-state index contributed by atoms with van der Waals surface area (Å²) in [5.41, 5.74) is 8.91. The van der Waals surface area contributed by atoms with Crippen LogP contribution in [0.4, 0.5) is 5.69 Å². The Hall–Kier alpha value is -1.95. The summed E-state index contributed by atoms with van der Waals surface area (Å²) in [4.78, 5) is 16.4. The summed E-state index contributed by atoms with van der Waals surface area (Å²) < 4.78 is 0. The summed E-state index contributed by atoms with van der Waals surface area (Å²) in [7, 11) is 0. The van der Waals surface area contributed by atoms with Crippen LogP contribution in [0.15, 0.2) is 42.7 Å². The number of hydrogen-bond donors (Lipinski definition) is 3.